The van der Waals surface area contributed by atoms with Crippen LogP contribution in [0.5, 0.6) is 0 Å². The Kier molecular flexibility index (Phi) is 3.06. The van der Waals surface area contributed by atoms with Gasteiger partial charge in [0.1, 0.15) is 6.10 Å². The van der Waals surface area contributed by atoms with Gasteiger partial charge in [-0.2, -0.15) is 0 Å². The van der Waals surface area contributed by atoms with Crippen molar-refractivity contribution < 1.29 is 5.11 Å². The first-order valence-corrected chi connectivity index (χ1v) is 4.96. The highest BCUT2D eigenvalue weighted by Gasteiger charge is 2.16. The molecule has 0 radical (unpaired) electrons. The minimum Gasteiger partial charge on any atom is -0.386 e. The number of nitrogens with two attached hydrogens (primary N) is 1. The summed E-state index contributed by atoms with van der Waals surface area (Å²) in [5.41, 5.74) is 5.53. The highest BCUT2D eigenvalue weighted by molar-refractivity contribution is 9.10. The molecule has 1 aromatic heterocycles. The number of hydrogen-bond donors (Lipinski definition) is 2. The van der Waals surface area contributed by atoms with Gasteiger partial charge >= 0.3 is 0 Å². The monoisotopic (exact) mass is 235 g/mol. The summed E-state index contributed by atoms with van der Waals surface area (Å²) in [6.45, 7) is 1.79. The Morgan fingerprint density at radius 2 is 2.36 bits per heavy atom. The smallest absolute Gasteiger partial charge is 0.104 e. The lowest BCUT2D eigenvalue weighted by atomic mass is 10.2. The molecule has 0 saturated heterocycles. The molecule has 11 heavy (non-hydrogen) atoms. The zero-order chi connectivity index (χ0) is 8.43. The van der Waals surface area contributed by atoms with Gasteiger partial charge in [0, 0.05) is 15.4 Å². The van der Waals surface area contributed by atoms with Gasteiger partial charge in [0.15, 0.2) is 0 Å². The van der Waals surface area contributed by atoms with Gasteiger partial charge in [-0.05, 0) is 34.3 Å². The van der Waals surface area contributed by atoms with Crippen LogP contribution in [0.2, 0.25) is 0 Å². The first-order valence-electron chi connectivity index (χ1n) is 3.29. The SMILES string of the molecule is CC(N)C(O)c1sccc1Br. The van der Waals surface area contributed by atoms with Crippen LogP contribution in [0.1, 0.15) is 17.9 Å². The van der Waals surface area contributed by atoms with E-state index >= 15 is 0 Å². The summed E-state index contributed by atoms with van der Waals surface area (Å²) in [6.07, 6.45) is -0.552. The van der Waals surface area contributed by atoms with Gasteiger partial charge in [0.25, 0.3) is 0 Å². The largest absolute Gasteiger partial charge is 0.386 e. The van der Waals surface area contributed by atoms with Crippen molar-refractivity contribution in [3.05, 3.63) is 20.8 Å². The number of aliphatic hydroxyl groups excluding tert-OH is 1. The Balaban J connectivity index is 2.84. The number of rotatable bonds is 2. The van der Waals surface area contributed by atoms with Gasteiger partial charge < -0.3 is 10.8 Å². The van der Waals surface area contributed by atoms with Crippen molar-refractivity contribution in [3.63, 3.8) is 0 Å². The van der Waals surface area contributed by atoms with Crippen molar-refractivity contribution in [2.75, 3.05) is 0 Å². The minimum absolute atomic E-state index is 0.218. The summed E-state index contributed by atoms with van der Waals surface area (Å²) in [4.78, 5) is 0.903. The van der Waals surface area contributed by atoms with Crippen LogP contribution in [0.4, 0.5) is 0 Å². The lowest BCUT2D eigenvalue weighted by molar-refractivity contribution is 0.156. The standard InChI is InChI=1S/C7H10BrNOS/c1-4(9)6(10)7-5(8)2-3-11-7/h2-4,6,10H,9H2,1H3. The summed E-state index contributed by atoms with van der Waals surface area (Å²) in [5.74, 6) is 0. The third-order valence-electron chi connectivity index (χ3n) is 1.41. The van der Waals surface area contributed by atoms with E-state index < -0.39 is 6.10 Å². The van der Waals surface area contributed by atoms with Crippen LogP contribution in [0.15, 0.2) is 15.9 Å². The molecule has 2 nitrogen and oxygen atoms in total. The summed E-state index contributed by atoms with van der Waals surface area (Å²) in [5, 5.41) is 11.4. The van der Waals surface area contributed by atoms with Crippen LogP contribution in [-0.4, -0.2) is 11.1 Å². The van der Waals surface area contributed by atoms with E-state index in [1.165, 1.54) is 11.3 Å². The lowest BCUT2D eigenvalue weighted by Crippen LogP contribution is -2.23. The fourth-order valence-electron chi connectivity index (χ4n) is 0.755. The van der Waals surface area contributed by atoms with Gasteiger partial charge in [0.05, 0.1) is 0 Å². The molecule has 0 aromatic carbocycles. The summed E-state index contributed by atoms with van der Waals surface area (Å²) in [7, 11) is 0. The fraction of sp³-hybridized carbons (Fsp3) is 0.429. The molecule has 0 fully saturated rings. The van der Waals surface area contributed by atoms with Crippen molar-refractivity contribution in [1.82, 2.24) is 0 Å². The molecule has 1 heterocycles. The second-order valence-electron chi connectivity index (χ2n) is 2.44. The fourth-order valence-corrected chi connectivity index (χ4v) is 2.46. The summed E-state index contributed by atoms with van der Waals surface area (Å²) in [6, 6.07) is 1.69. The zero-order valence-electron chi connectivity index (χ0n) is 6.12. The zero-order valence-corrected chi connectivity index (χ0v) is 8.52. The molecule has 62 valence electrons. The van der Waals surface area contributed by atoms with Crippen molar-refractivity contribution in [2.24, 2.45) is 5.73 Å². The third kappa shape index (κ3) is 2.02. The highest BCUT2D eigenvalue weighted by Crippen LogP contribution is 2.29. The van der Waals surface area contributed by atoms with Crippen molar-refractivity contribution in [3.8, 4) is 0 Å². The highest BCUT2D eigenvalue weighted by atomic mass is 79.9. The van der Waals surface area contributed by atoms with E-state index in [4.69, 9.17) is 5.73 Å². The van der Waals surface area contributed by atoms with Gasteiger partial charge in [-0.1, -0.05) is 0 Å². The molecule has 2 unspecified atom stereocenters. The van der Waals surface area contributed by atoms with Crippen LogP contribution < -0.4 is 5.73 Å². The first kappa shape index (κ1) is 9.19. The average molecular weight is 236 g/mol. The maximum atomic E-state index is 9.52. The number of aliphatic hydroxyl groups is 1. The summed E-state index contributed by atoms with van der Waals surface area (Å²) < 4.78 is 0.937. The van der Waals surface area contributed by atoms with Crippen LogP contribution in [0, 0.1) is 0 Å². The normalized spacial score (nSPS) is 16.4. The average Bonchev–Trinajstić information content (AvgIpc) is 2.33. The second-order valence-corrected chi connectivity index (χ2v) is 4.24. The first-order chi connectivity index (χ1) is 5.13. The predicted octanol–water partition coefficient (Wildman–Crippen LogP) is 1.89. The van der Waals surface area contributed by atoms with Crippen LogP contribution in [-0.2, 0) is 0 Å². The molecule has 0 aliphatic heterocycles. The predicted molar refractivity (Wildman–Crippen MR) is 50.6 cm³/mol. The molecule has 0 spiro atoms. The Labute approximate surface area is 78.2 Å². The van der Waals surface area contributed by atoms with Crippen LogP contribution in [0.25, 0.3) is 0 Å². The van der Waals surface area contributed by atoms with Crippen molar-refractivity contribution >= 4 is 27.3 Å². The Hall–Kier alpha value is 0.100. The van der Waals surface area contributed by atoms with Gasteiger partial charge in [-0.15, -0.1) is 11.3 Å². The molecule has 3 N–H and O–H groups in total. The number of thiophene rings is 1. The molecule has 0 bridgehead atoms. The Bertz CT molecular complexity index is 236. The van der Waals surface area contributed by atoms with E-state index in [1.54, 1.807) is 6.92 Å². The van der Waals surface area contributed by atoms with Crippen LogP contribution >= 0.6 is 27.3 Å². The Morgan fingerprint density at radius 1 is 1.73 bits per heavy atom. The molecule has 2 atom stereocenters. The second kappa shape index (κ2) is 3.67. The van der Waals surface area contributed by atoms with Crippen LogP contribution in [0.3, 0.4) is 0 Å². The van der Waals surface area contributed by atoms with Gasteiger partial charge in [-0.3, -0.25) is 0 Å². The molecule has 1 aromatic rings. The molecule has 4 heteroatoms. The maximum absolute atomic E-state index is 9.52. The van der Waals surface area contributed by atoms with E-state index in [-0.39, 0.29) is 6.04 Å². The summed E-state index contributed by atoms with van der Waals surface area (Å²) >= 11 is 4.84. The quantitative estimate of drug-likeness (QED) is 0.823. The molecule has 0 aliphatic carbocycles. The maximum Gasteiger partial charge on any atom is 0.104 e. The van der Waals surface area contributed by atoms with Gasteiger partial charge in [-0.25, -0.2) is 0 Å². The molecule has 0 aliphatic rings. The lowest BCUT2D eigenvalue weighted by Gasteiger charge is -2.12. The van der Waals surface area contributed by atoms with E-state index in [0.29, 0.717) is 0 Å². The minimum atomic E-state index is -0.552. The molecule has 1 rings (SSSR count). The molecule has 0 saturated carbocycles. The van der Waals surface area contributed by atoms with Crippen molar-refractivity contribution in [1.29, 1.82) is 0 Å². The topological polar surface area (TPSA) is 46.2 Å². The van der Waals surface area contributed by atoms with E-state index in [2.05, 4.69) is 15.9 Å². The number of hydrogen-bond acceptors (Lipinski definition) is 3. The molecular formula is C7H10BrNOS. The number of halogens is 1. The van der Waals surface area contributed by atoms with Crippen molar-refractivity contribution in [2.45, 2.75) is 19.1 Å². The molecular weight excluding hydrogens is 226 g/mol. The Morgan fingerprint density at radius 3 is 2.73 bits per heavy atom. The van der Waals surface area contributed by atoms with E-state index in [0.717, 1.165) is 9.35 Å². The van der Waals surface area contributed by atoms with Gasteiger partial charge in [0.2, 0.25) is 0 Å². The molecule has 0 amide bonds. The van der Waals surface area contributed by atoms with E-state index in [9.17, 15) is 5.11 Å². The van der Waals surface area contributed by atoms with E-state index in [1.807, 2.05) is 11.4 Å². The third-order valence-corrected chi connectivity index (χ3v) is 3.35.